The lowest BCUT2D eigenvalue weighted by molar-refractivity contribution is 0.271. The van der Waals surface area contributed by atoms with Gasteiger partial charge in [0.25, 0.3) is 0 Å². The van der Waals surface area contributed by atoms with Crippen LogP contribution in [-0.4, -0.2) is 52.6 Å². The monoisotopic (exact) mass is 340 g/mol. The van der Waals surface area contributed by atoms with Gasteiger partial charge in [-0.05, 0) is 42.4 Å². The van der Waals surface area contributed by atoms with Crippen LogP contribution in [0.5, 0.6) is 0 Å². The van der Waals surface area contributed by atoms with Crippen molar-refractivity contribution in [3.8, 4) is 11.3 Å². The smallest absolute Gasteiger partial charge is 0.223 e. The first-order valence-electron chi connectivity index (χ1n) is 8.53. The minimum atomic E-state index is -0.251. The molecule has 1 aliphatic heterocycles. The first kappa shape index (κ1) is 15.8. The van der Waals surface area contributed by atoms with Crippen LogP contribution in [0.1, 0.15) is 6.92 Å². The number of benzene rings is 1. The lowest BCUT2D eigenvalue weighted by Gasteiger charge is -2.35. The predicted octanol–water partition coefficient (Wildman–Crippen LogP) is 2.49. The van der Waals surface area contributed by atoms with E-state index in [4.69, 9.17) is 5.73 Å². The number of halogens is 1. The zero-order valence-electron chi connectivity index (χ0n) is 14.2. The standard InChI is InChI=1S/C18H21FN6/c1-2-24-7-9-25(10-8-24)17-14-11-15(12-3-5-13(19)6-4-12)21-16(14)22-18(20)23-17/h3-6,11H,2,7-10H2,1H3,(H3,20,21,22,23). The second-order valence-electron chi connectivity index (χ2n) is 6.28. The average Bonchev–Trinajstić information content (AvgIpc) is 3.05. The highest BCUT2D eigenvalue weighted by Gasteiger charge is 2.21. The van der Waals surface area contributed by atoms with E-state index in [2.05, 4.69) is 31.7 Å². The molecule has 1 aliphatic rings. The van der Waals surface area contributed by atoms with Gasteiger partial charge in [0.05, 0.1) is 5.39 Å². The Morgan fingerprint density at radius 2 is 1.84 bits per heavy atom. The Kier molecular flexibility index (Phi) is 4.01. The van der Waals surface area contributed by atoms with E-state index in [-0.39, 0.29) is 11.8 Å². The first-order chi connectivity index (χ1) is 12.1. The molecule has 0 atom stereocenters. The molecule has 1 fully saturated rings. The van der Waals surface area contributed by atoms with Crippen LogP contribution in [0.2, 0.25) is 0 Å². The van der Waals surface area contributed by atoms with Crippen LogP contribution in [-0.2, 0) is 0 Å². The molecule has 7 heteroatoms. The van der Waals surface area contributed by atoms with Gasteiger partial charge in [0, 0.05) is 31.9 Å². The lowest BCUT2D eigenvalue weighted by atomic mass is 10.1. The molecule has 1 aromatic carbocycles. The number of nitrogens with zero attached hydrogens (tertiary/aromatic N) is 4. The van der Waals surface area contributed by atoms with Gasteiger partial charge in [-0.1, -0.05) is 6.92 Å². The molecule has 0 radical (unpaired) electrons. The third-order valence-corrected chi connectivity index (χ3v) is 4.76. The summed E-state index contributed by atoms with van der Waals surface area (Å²) in [5, 5.41) is 0.943. The van der Waals surface area contributed by atoms with E-state index in [0.29, 0.717) is 5.65 Å². The highest BCUT2D eigenvalue weighted by Crippen LogP contribution is 2.30. The molecule has 0 spiro atoms. The van der Waals surface area contributed by atoms with Crippen LogP contribution < -0.4 is 10.6 Å². The minimum absolute atomic E-state index is 0.251. The van der Waals surface area contributed by atoms with Crippen molar-refractivity contribution in [2.24, 2.45) is 0 Å². The van der Waals surface area contributed by atoms with Crippen molar-refractivity contribution >= 4 is 22.8 Å². The summed E-state index contributed by atoms with van der Waals surface area (Å²) >= 11 is 0. The summed E-state index contributed by atoms with van der Waals surface area (Å²) in [6.45, 7) is 7.09. The Morgan fingerprint density at radius 3 is 2.52 bits per heavy atom. The topological polar surface area (TPSA) is 74.1 Å². The van der Waals surface area contributed by atoms with Crippen molar-refractivity contribution in [2.75, 3.05) is 43.4 Å². The second-order valence-corrected chi connectivity index (χ2v) is 6.28. The molecule has 1 saturated heterocycles. The van der Waals surface area contributed by atoms with Crippen LogP contribution >= 0.6 is 0 Å². The van der Waals surface area contributed by atoms with Crippen molar-refractivity contribution < 1.29 is 4.39 Å². The van der Waals surface area contributed by atoms with Crippen molar-refractivity contribution in [2.45, 2.75) is 6.92 Å². The molecule has 2 aromatic heterocycles. The summed E-state index contributed by atoms with van der Waals surface area (Å²) in [4.78, 5) is 16.8. The number of fused-ring (bicyclic) bond motifs is 1. The number of piperazine rings is 1. The Hall–Kier alpha value is -2.67. The third kappa shape index (κ3) is 3.02. The highest BCUT2D eigenvalue weighted by atomic mass is 19.1. The van der Waals surface area contributed by atoms with E-state index < -0.39 is 0 Å². The number of H-pyrrole nitrogens is 1. The normalized spacial score (nSPS) is 15.8. The molecule has 3 heterocycles. The van der Waals surface area contributed by atoms with Gasteiger partial charge in [0.15, 0.2) is 0 Å². The summed E-state index contributed by atoms with van der Waals surface area (Å²) in [5.41, 5.74) is 8.41. The molecule has 3 aromatic rings. The van der Waals surface area contributed by atoms with Crippen molar-refractivity contribution in [1.29, 1.82) is 0 Å². The maximum Gasteiger partial charge on any atom is 0.223 e. The van der Waals surface area contributed by atoms with E-state index in [1.54, 1.807) is 12.1 Å². The molecule has 0 bridgehead atoms. The summed E-state index contributed by atoms with van der Waals surface area (Å²) in [6.07, 6.45) is 0. The van der Waals surface area contributed by atoms with Gasteiger partial charge in [0.2, 0.25) is 5.95 Å². The van der Waals surface area contributed by atoms with Crippen molar-refractivity contribution in [3.63, 3.8) is 0 Å². The van der Waals surface area contributed by atoms with Crippen LogP contribution in [0.3, 0.4) is 0 Å². The van der Waals surface area contributed by atoms with Crippen molar-refractivity contribution in [1.82, 2.24) is 19.9 Å². The predicted molar refractivity (Wildman–Crippen MR) is 98.0 cm³/mol. The number of hydrogen-bond acceptors (Lipinski definition) is 5. The number of aromatic amines is 1. The molecule has 130 valence electrons. The number of nitrogens with one attached hydrogen (secondary N) is 1. The summed E-state index contributed by atoms with van der Waals surface area (Å²) in [5.74, 6) is 0.870. The van der Waals surface area contributed by atoms with E-state index >= 15 is 0 Å². The van der Waals surface area contributed by atoms with E-state index in [0.717, 1.165) is 55.2 Å². The first-order valence-corrected chi connectivity index (χ1v) is 8.53. The van der Waals surface area contributed by atoms with Gasteiger partial charge in [0.1, 0.15) is 17.3 Å². The lowest BCUT2D eigenvalue weighted by Crippen LogP contribution is -2.46. The van der Waals surface area contributed by atoms with Gasteiger partial charge >= 0.3 is 0 Å². The molecular weight excluding hydrogens is 319 g/mol. The molecule has 0 unspecified atom stereocenters. The van der Waals surface area contributed by atoms with Crippen LogP contribution in [0, 0.1) is 5.82 Å². The molecular formula is C18H21FN6. The zero-order valence-corrected chi connectivity index (χ0v) is 14.2. The summed E-state index contributed by atoms with van der Waals surface area (Å²) < 4.78 is 13.2. The molecule has 0 saturated carbocycles. The van der Waals surface area contributed by atoms with Crippen LogP contribution in [0.15, 0.2) is 30.3 Å². The second kappa shape index (κ2) is 6.33. The van der Waals surface area contributed by atoms with Gasteiger partial charge in [-0.15, -0.1) is 0 Å². The number of nitrogen functional groups attached to an aromatic ring is 1. The van der Waals surface area contributed by atoms with E-state index in [9.17, 15) is 4.39 Å². The molecule has 0 amide bonds. The van der Waals surface area contributed by atoms with E-state index in [1.807, 2.05) is 6.07 Å². The van der Waals surface area contributed by atoms with Crippen LogP contribution in [0.25, 0.3) is 22.3 Å². The molecule has 4 rings (SSSR count). The maximum absolute atomic E-state index is 13.2. The Balaban J connectivity index is 1.73. The number of aromatic nitrogens is 3. The number of likely N-dealkylation sites (N-methyl/N-ethyl adjacent to an activating group) is 1. The maximum atomic E-state index is 13.2. The van der Waals surface area contributed by atoms with E-state index in [1.165, 1.54) is 12.1 Å². The fourth-order valence-electron chi connectivity index (χ4n) is 3.31. The third-order valence-electron chi connectivity index (χ3n) is 4.76. The number of anilines is 2. The number of rotatable bonds is 3. The van der Waals surface area contributed by atoms with Gasteiger partial charge in [-0.2, -0.15) is 9.97 Å². The highest BCUT2D eigenvalue weighted by molar-refractivity contribution is 5.92. The fraction of sp³-hybridized carbons (Fsp3) is 0.333. The van der Waals surface area contributed by atoms with Crippen molar-refractivity contribution in [3.05, 3.63) is 36.1 Å². The van der Waals surface area contributed by atoms with Gasteiger partial charge < -0.3 is 20.5 Å². The Morgan fingerprint density at radius 1 is 1.12 bits per heavy atom. The SMILES string of the molecule is CCN1CCN(c2nc(N)nc3[nH]c(-c4ccc(F)cc4)cc23)CC1. The Labute approximate surface area is 145 Å². The molecule has 0 aliphatic carbocycles. The minimum Gasteiger partial charge on any atom is -0.368 e. The molecule has 6 nitrogen and oxygen atoms in total. The molecule has 25 heavy (non-hydrogen) atoms. The number of hydrogen-bond donors (Lipinski definition) is 2. The quantitative estimate of drug-likeness (QED) is 0.766. The largest absolute Gasteiger partial charge is 0.368 e. The van der Waals surface area contributed by atoms with Crippen LogP contribution in [0.4, 0.5) is 16.2 Å². The Bertz CT molecular complexity index is 880. The zero-order chi connectivity index (χ0) is 17.4. The number of nitrogens with two attached hydrogens (primary N) is 1. The van der Waals surface area contributed by atoms with Gasteiger partial charge in [-0.25, -0.2) is 4.39 Å². The summed E-state index contributed by atoms with van der Waals surface area (Å²) in [7, 11) is 0. The average molecular weight is 340 g/mol. The fourth-order valence-corrected chi connectivity index (χ4v) is 3.31. The molecule has 3 N–H and O–H groups in total. The van der Waals surface area contributed by atoms with Gasteiger partial charge in [-0.3, -0.25) is 0 Å². The summed E-state index contributed by atoms with van der Waals surface area (Å²) in [6, 6.07) is 8.41.